The number of hydrogen-bond donors (Lipinski definition) is 1. The molecule has 0 saturated heterocycles. The van der Waals surface area contributed by atoms with Crippen molar-refractivity contribution in [3.05, 3.63) is 57.1 Å². The molecule has 1 atom stereocenters. The van der Waals surface area contributed by atoms with Crippen molar-refractivity contribution in [2.45, 2.75) is 19.4 Å². The molecule has 1 N–H and O–H groups in total. The highest BCUT2D eigenvalue weighted by molar-refractivity contribution is 7.92. The molecule has 1 aliphatic rings. The fraction of sp³-hybridized carbons (Fsp3) is 0.278. The van der Waals surface area contributed by atoms with Crippen molar-refractivity contribution in [1.82, 2.24) is 0 Å². The quantitative estimate of drug-likeness (QED) is 0.577. The van der Waals surface area contributed by atoms with Gasteiger partial charge in [-0.3, -0.25) is 19.2 Å². The summed E-state index contributed by atoms with van der Waals surface area (Å²) in [5.74, 6) is -0.335. The summed E-state index contributed by atoms with van der Waals surface area (Å²) in [4.78, 5) is 23.2. The summed E-state index contributed by atoms with van der Waals surface area (Å²) in [6.07, 6.45) is 0.143. The molecule has 1 aliphatic heterocycles. The molecule has 9 nitrogen and oxygen atoms in total. The highest BCUT2D eigenvalue weighted by Gasteiger charge is 2.31. The summed E-state index contributed by atoms with van der Waals surface area (Å²) >= 11 is 6.00. The molecule has 3 rings (SSSR count). The average Bonchev–Trinajstić information content (AvgIpc) is 2.82. The number of anilines is 2. The van der Waals surface area contributed by atoms with Gasteiger partial charge in [0.1, 0.15) is 5.75 Å². The summed E-state index contributed by atoms with van der Waals surface area (Å²) in [5, 5.41) is 14.0. The van der Waals surface area contributed by atoms with E-state index in [2.05, 4.69) is 5.32 Å². The Hall–Kier alpha value is -2.85. The molecule has 2 aromatic carbocycles. The van der Waals surface area contributed by atoms with Crippen LogP contribution in [0.1, 0.15) is 12.0 Å². The van der Waals surface area contributed by atoms with Crippen LogP contribution in [0.4, 0.5) is 17.1 Å². The number of amides is 1. The van der Waals surface area contributed by atoms with Gasteiger partial charge in [0.25, 0.3) is 11.6 Å². The first-order valence-corrected chi connectivity index (χ1v) is 10.8. The van der Waals surface area contributed by atoms with E-state index in [1.165, 1.54) is 36.4 Å². The van der Waals surface area contributed by atoms with Gasteiger partial charge in [-0.05, 0) is 30.7 Å². The lowest BCUT2D eigenvalue weighted by Gasteiger charge is -2.21. The minimum absolute atomic E-state index is 0.0121. The van der Waals surface area contributed by atoms with Crippen molar-refractivity contribution in [1.29, 1.82) is 0 Å². The van der Waals surface area contributed by atoms with Gasteiger partial charge < -0.3 is 10.1 Å². The van der Waals surface area contributed by atoms with Crippen LogP contribution in [0.5, 0.6) is 5.75 Å². The van der Waals surface area contributed by atoms with Crippen molar-refractivity contribution >= 4 is 44.6 Å². The summed E-state index contributed by atoms with van der Waals surface area (Å²) < 4.78 is 31.3. The lowest BCUT2D eigenvalue weighted by atomic mass is 10.1. The minimum atomic E-state index is -3.62. The fourth-order valence-corrected chi connectivity index (χ4v) is 4.06. The van der Waals surface area contributed by atoms with E-state index >= 15 is 0 Å². The summed E-state index contributed by atoms with van der Waals surface area (Å²) in [7, 11) is -3.62. The molecule has 0 aliphatic carbocycles. The number of hydrogen-bond acceptors (Lipinski definition) is 6. The molecule has 0 fully saturated rings. The maximum absolute atomic E-state index is 12.8. The first-order chi connectivity index (χ1) is 13.6. The maximum Gasteiger partial charge on any atom is 0.271 e. The van der Waals surface area contributed by atoms with Gasteiger partial charge in [0.05, 0.1) is 22.6 Å². The van der Waals surface area contributed by atoms with Crippen LogP contribution in [0, 0.1) is 17.0 Å². The van der Waals surface area contributed by atoms with Gasteiger partial charge in [-0.15, -0.1) is 0 Å². The first-order valence-electron chi connectivity index (χ1n) is 8.56. The Bertz CT molecular complexity index is 1090. The van der Waals surface area contributed by atoms with E-state index in [4.69, 9.17) is 16.3 Å². The Morgan fingerprint density at radius 3 is 2.69 bits per heavy atom. The number of carbonyl (C=O) groups excluding carboxylic acids is 1. The molecule has 1 amide bonds. The number of nitrogens with zero attached hydrogens (tertiary/aromatic N) is 2. The zero-order chi connectivity index (χ0) is 21.3. The van der Waals surface area contributed by atoms with Crippen LogP contribution in [0.25, 0.3) is 0 Å². The summed E-state index contributed by atoms with van der Waals surface area (Å²) in [6.45, 7) is 1.72. The SMILES string of the molecule is Cc1ccc([N+](=O)[O-])cc1NC(=O)[C@@H]1CCN(S(C)(=O)=O)c2cc(Cl)ccc2O1. The molecule has 1 heterocycles. The van der Waals surface area contributed by atoms with Crippen molar-refractivity contribution in [2.24, 2.45) is 0 Å². The molecule has 0 aromatic heterocycles. The molecular weight excluding hydrogens is 422 g/mol. The Morgan fingerprint density at radius 2 is 2.03 bits per heavy atom. The highest BCUT2D eigenvalue weighted by atomic mass is 35.5. The van der Waals surface area contributed by atoms with Gasteiger partial charge in [0.2, 0.25) is 10.0 Å². The third-order valence-corrected chi connectivity index (χ3v) is 5.85. The average molecular weight is 440 g/mol. The zero-order valence-electron chi connectivity index (χ0n) is 15.6. The van der Waals surface area contributed by atoms with Gasteiger partial charge in [-0.25, -0.2) is 8.42 Å². The summed E-state index contributed by atoms with van der Waals surface area (Å²) in [5.41, 5.74) is 1.02. The van der Waals surface area contributed by atoms with E-state index in [9.17, 15) is 23.3 Å². The van der Waals surface area contributed by atoms with E-state index in [-0.39, 0.29) is 35.8 Å². The van der Waals surface area contributed by atoms with Crippen LogP contribution in [-0.2, 0) is 14.8 Å². The van der Waals surface area contributed by atoms with Crippen LogP contribution >= 0.6 is 11.6 Å². The van der Waals surface area contributed by atoms with Gasteiger partial charge >= 0.3 is 0 Å². The maximum atomic E-state index is 12.8. The molecule has 29 heavy (non-hydrogen) atoms. The van der Waals surface area contributed by atoms with Crippen molar-refractivity contribution < 1.29 is 22.9 Å². The Balaban J connectivity index is 1.89. The molecule has 0 radical (unpaired) electrons. The van der Waals surface area contributed by atoms with Gasteiger partial charge in [-0.2, -0.15) is 0 Å². The predicted molar refractivity (Wildman–Crippen MR) is 109 cm³/mol. The number of nitro benzene ring substituents is 1. The van der Waals surface area contributed by atoms with Crippen LogP contribution in [0.15, 0.2) is 36.4 Å². The third-order valence-electron chi connectivity index (χ3n) is 4.44. The molecule has 11 heteroatoms. The van der Waals surface area contributed by atoms with Gasteiger partial charge in [0.15, 0.2) is 6.10 Å². The number of nitro groups is 1. The number of non-ortho nitro benzene ring substituents is 1. The predicted octanol–water partition coefficient (Wildman–Crippen LogP) is 3.11. The van der Waals surface area contributed by atoms with Crippen LogP contribution < -0.4 is 14.4 Å². The Morgan fingerprint density at radius 1 is 1.31 bits per heavy atom. The zero-order valence-corrected chi connectivity index (χ0v) is 17.2. The molecule has 0 bridgehead atoms. The number of halogens is 1. The number of ether oxygens (including phenoxy) is 1. The minimum Gasteiger partial charge on any atom is -0.478 e. The Kier molecular flexibility index (Phi) is 5.67. The second kappa shape index (κ2) is 7.88. The van der Waals surface area contributed by atoms with E-state index in [0.717, 1.165) is 10.6 Å². The number of fused-ring (bicyclic) bond motifs is 1. The number of carbonyl (C=O) groups is 1. The van der Waals surface area contributed by atoms with Crippen LogP contribution in [-0.4, -0.2) is 38.2 Å². The molecule has 154 valence electrons. The fourth-order valence-electron chi connectivity index (χ4n) is 2.95. The van der Waals surface area contributed by atoms with E-state index < -0.39 is 27.0 Å². The first kappa shape index (κ1) is 20.9. The van der Waals surface area contributed by atoms with Crippen molar-refractivity contribution in [2.75, 3.05) is 22.4 Å². The second-order valence-electron chi connectivity index (χ2n) is 6.59. The smallest absolute Gasteiger partial charge is 0.271 e. The van der Waals surface area contributed by atoms with Gasteiger partial charge in [-0.1, -0.05) is 17.7 Å². The molecule has 0 spiro atoms. The molecule has 2 aromatic rings. The molecule has 0 unspecified atom stereocenters. The van der Waals surface area contributed by atoms with Crippen LogP contribution in [0.2, 0.25) is 5.02 Å². The lowest BCUT2D eigenvalue weighted by Crippen LogP contribution is -2.36. The van der Waals surface area contributed by atoms with E-state index in [1.54, 1.807) is 6.92 Å². The van der Waals surface area contributed by atoms with Crippen molar-refractivity contribution in [3.63, 3.8) is 0 Å². The highest BCUT2D eigenvalue weighted by Crippen LogP contribution is 2.36. The lowest BCUT2D eigenvalue weighted by molar-refractivity contribution is -0.384. The van der Waals surface area contributed by atoms with Crippen LogP contribution in [0.3, 0.4) is 0 Å². The number of benzene rings is 2. The monoisotopic (exact) mass is 439 g/mol. The van der Waals surface area contributed by atoms with Gasteiger partial charge in [0, 0.05) is 30.1 Å². The number of nitrogens with one attached hydrogen (secondary N) is 1. The second-order valence-corrected chi connectivity index (χ2v) is 8.93. The normalized spacial score (nSPS) is 16.4. The summed E-state index contributed by atoms with van der Waals surface area (Å²) in [6, 6.07) is 8.64. The van der Waals surface area contributed by atoms with Crippen molar-refractivity contribution in [3.8, 4) is 5.75 Å². The topological polar surface area (TPSA) is 119 Å². The number of sulfonamides is 1. The Labute approximate surface area is 172 Å². The molecule has 0 saturated carbocycles. The standard InChI is InChI=1S/C18H18ClN3O6S/c1-11-3-5-13(22(24)25)10-14(11)20-18(23)17-7-8-21(29(2,26)27)15-9-12(19)4-6-16(15)28-17/h3-6,9-10,17H,7-8H2,1-2H3,(H,20,23)/t17-/m0/s1. The number of rotatable bonds is 4. The van der Waals surface area contributed by atoms with E-state index in [1.807, 2.05) is 0 Å². The largest absolute Gasteiger partial charge is 0.478 e. The number of aryl methyl sites for hydroxylation is 1. The third kappa shape index (κ3) is 4.60. The molecular formula is C18H18ClN3O6S. The van der Waals surface area contributed by atoms with E-state index in [0.29, 0.717) is 10.6 Å².